The van der Waals surface area contributed by atoms with E-state index in [-0.39, 0.29) is 23.4 Å². The molecule has 0 fully saturated rings. The van der Waals surface area contributed by atoms with Crippen molar-refractivity contribution in [1.82, 2.24) is 18.7 Å². The van der Waals surface area contributed by atoms with Gasteiger partial charge in [0.25, 0.3) is 5.56 Å². The molecule has 0 atom stereocenters. The van der Waals surface area contributed by atoms with E-state index in [0.29, 0.717) is 13.2 Å². The molecule has 0 aliphatic heterocycles. The number of hydrogen-bond acceptors (Lipinski definition) is 5. The fraction of sp³-hybridized carbons (Fsp3) is 0.217. The van der Waals surface area contributed by atoms with Crippen molar-refractivity contribution in [1.29, 1.82) is 0 Å². The highest BCUT2D eigenvalue weighted by Crippen LogP contribution is 2.13. The lowest BCUT2D eigenvalue weighted by molar-refractivity contribution is -0.116. The summed E-state index contributed by atoms with van der Waals surface area (Å²) in [7, 11) is 1.54. The minimum Gasteiger partial charge on any atom is -0.383 e. The van der Waals surface area contributed by atoms with E-state index in [9.17, 15) is 18.8 Å². The second kappa shape index (κ2) is 9.61. The Morgan fingerprint density at radius 3 is 2.52 bits per heavy atom. The van der Waals surface area contributed by atoms with Crippen LogP contribution in [0.1, 0.15) is 5.56 Å². The summed E-state index contributed by atoms with van der Waals surface area (Å²) in [6.07, 6.45) is 1.47. The zero-order valence-corrected chi connectivity index (χ0v) is 17.9. The third-order valence-corrected chi connectivity index (χ3v) is 5.15. The molecule has 9 nitrogen and oxygen atoms in total. The quantitative estimate of drug-likeness (QED) is 0.441. The van der Waals surface area contributed by atoms with Gasteiger partial charge in [0.15, 0.2) is 11.2 Å². The summed E-state index contributed by atoms with van der Waals surface area (Å²) in [5.41, 5.74) is -0.148. The van der Waals surface area contributed by atoms with E-state index >= 15 is 0 Å². The van der Waals surface area contributed by atoms with Crippen LogP contribution in [-0.2, 0) is 29.2 Å². The van der Waals surface area contributed by atoms with Crippen LogP contribution in [0.4, 0.5) is 10.1 Å². The molecule has 0 bridgehead atoms. The minimum atomic E-state index is -0.701. The third-order valence-electron chi connectivity index (χ3n) is 5.15. The van der Waals surface area contributed by atoms with Crippen LogP contribution < -0.4 is 16.6 Å². The first-order chi connectivity index (χ1) is 16.0. The van der Waals surface area contributed by atoms with Gasteiger partial charge in [-0.15, -0.1) is 0 Å². The summed E-state index contributed by atoms with van der Waals surface area (Å²) < 4.78 is 22.8. The average molecular weight is 451 g/mol. The van der Waals surface area contributed by atoms with Crippen LogP contribution in [0.15, 0.2) is 70.5 Å². The van der Waals surface area contributed by atoms with Gasteiger partial charge in [-0.2, -0.15) is 0 Å². The maximum Gasteiger partial charge on any atom is 0.333 e. The number of amides is 1. The predicted octanol–water partition coefficient (Wildman–Crippen LogP) is 1.83. The number of fused-ring (bicyclic) bond motifs is 1. The number of para-hydroxylation sites is 1. The van der Waals surface area contributed by atoms with Crippen molar-refractivity contribution in [3.05, 3.63) is 93.1 Å². The Kier molecular flexibility index (Phi) is 6.45. The fourth-order valence-corrected chi connectivity index (χ4v) is 3.54. The molecule has 2 heterocycles. The van der Waals surface area contributed by atoms with Crippen LogP contribution in [0.3, 0.4) is 0 Å². The predicted molar refractivity (Wildman–Crippen MR) is 121 cm³/mol. The van der Waals surface area contributed by atoms with Crippen LogP contribution in [0, 0.1) is 5.82 Å². The van der Waals surface area contributed by atoms with Gasteiger partial charge in [0.2, 0.25) is 5.91 Å². The van der Waals surface area contributed by atoms with E-state index in [0.717, 1.165) is 10.1 Å². The Labute approximate surface area is 187 Å². The number of hydrogen-bond donors (Lipinski definition) is 1. The van der Waals surface area contributed by atoms with Crippen LogP contribution in [0.2, 0.25) is 0 Å². The number of ether oxygens (including phenoxy) is 1. The summed E-state index contributed by atoms with van der Waals surface area (Å²) in [4.78, 5) is 43.4. The van der Waals surface area contributed by atoms with Gasteiger partial charge in [-0.05, 0) is 17.7 Å². The first kappa shape index (κ1) is 22.2. The highest BCUT2D eigenvalue weighted by molar-refractivity contribution is 5.90. The van der Waals surface area contributed by atoms with E-state index < -0.39 is 29.5 Å². The monoisotopic (exact) mass is 451 g/mol. The van der Waals surface area contributed by atoms with Crippen LogP contribution in [-0.4, -0.2) is 38.3 Å². The zero-order valence-electron chi connectivity index (χ0n) is 17.9. The van der Waals surface area contributed by atoms with Crippen molar-refractivity contribution in [2.75, 3.05) is 19.0 Å². The first-order valence-electron chi connectivity index (χ1n) is 10.3. The molecule has 1 N–H and O–H groups in total. The van der Waals surface area contributed by atoms with Crippen LogP contribution in [0.5, 0.6) is 0 Å². The van der Waals surface area contributed by atoms with Crippen molar-refractivity contribution in [3.63, 3.8) is 0 Å². The summed E-state index contributed by atoms with van der Waals surface area (Å²) in [5, 5.41) is 2.41. The molecule has 4 rings (SSSR count). The lowest BCUT2D eigenvalue weighted by atomic mass is 10.2. The Bertz CT molecular complexity index is 1410. The lowest BCUT2D eigenvalue weighted by Crippen LogP contribution is -2.43. The molecule has 0 saturated heterocycles. The number of benzene rings is 2. The normalized spacial score (nSPS) is 11.1. The Morgan fingerprint density at radius 2 is 1.79 bits per heavy atom. The van der Waals surface area contributed by atoms with Crippen molar-refractivity contribution in [3.8, 4) is 0 Å². The number of carbonyl (C=O) groups excluding carboxylic acids is 1. The molecule has 10 heteroatoms. The van der Waals surface area contributed by atoms with Gasteiger partial charge >= 0.3 is 5.69 Å². The lowest BCUT2D eigenvalue weighted by Gasteiger charge is -2.13. The molecular weight excluding hydrogens is 429 g/mol. The fourth-order valence-electron chi connectivity index (χ4n) is 3.54. The topological polar surface area (TPSA) is 100 Å². The molecule has 0 radical (unpaired) electrons. The molecule has 2 aromatic heterocycles. The number of anilines is 1. The van der Waals surface area contributed by atoms with Gasteiger partial charge in [-0.25, -0.2) is 18.7 Å². The van der Waals surface area contributed by atoms with Gasteiger partial charge in [0, 0.05) is 13.7 Å². The van der Waals surface area contributed by atoms with Gasteiger partial charge in [-0.3, -0.25) is 14.2 Å². The van der Waals surface area contributed by atoms with Crippen molar-refractivity contribution in [2.45, 2.75) is 19.6 Å². The standard InChI is InChI=1S/C23H22FN5O4/c1-33-12-11-27-15-25-21-20(27)22(31)29(14-19(30)26-18-10-6-5-9-17(18)24)23(32)28(21)13-16-7-3-2-4-8-16/h2-10,15H,11-14H2,1H3,(H,26,30). The molecule has 4 aromatic rings. The zero-order chi connectivity index (χ0) is 23.4. The average Bonchev–Trinajstić information content (AvgIpc) is 3.24. The third kappa shape index (κ3) is 4.60. The number of nitrogens with zero attached hydrogens (tertiary/aromatic N) is 4. The summed E-state index contributed by atoms with van der Waals surface area (Å²) in [6.45, 7) is 0.253. The number of nitrogens with one attached hydrogen (secondary N) is 1. The summed E-state index contributed by atoms with van der Waals surface area (Å²) in [5.74, 6) is -1.32. The van der Waals surface area contributed by atoms with Crippen molar-refractivity contribution >= 4 is 22.8 Å². The highest BCUT2D eigenvalue weighted by atomic mass is 19.1. The molecule has 0 saturated carbocycles. The molecular formula is C23H22FN5O4. The smallest absolute Gasteiger partial charge is 0.333 e. The highest BCUT2D eigenvalue weighted by Gasteiger charge is 2.20. The van der Waals surface area contributed by atoms with Gasteiger partial charge in [0.1, 0.15) is 12.4 Å². The number of halogens is 1. The molecule has 170 valence electrons. The Morgan fingerprint density at radius 1 is 1.06 bits per heavy atom. The van der Waals surface area contributed by atoms with E-state index in [2.05, 4.69) is 10.3 Å². The molecule has 1 amide bonds. The summed E-state index contributed by atoms with van der Waals surface area (Å²) in [6, 6.07) is 14.9. The molecule has 2 aromatic carbocycles. The number of methoxy groups -OCH3 is 1. The molecule has 0 aliphatic carbocycles. The number of rotatable bonds is 8. The van der Waals surface area contributed by atoms with Crippen molar-refractivity contribution in [2.24, 2.45) is 0 Å². The van der Waals surface area contributed by atoms with E-state index in [1.807, 2.05) is 30.3 Å². The van der Waals surface area contributed by atoms with Crippen LogP contribution in [0.25, 0.3) is 11.2 Å². The van der Waals surface area contributed by atoms with E-state index in [4.69, 9.17) is 4.74 Å². The molecule has 33 heavy (non-hydrogen) atoms. The Balaban J connectivity index is 1.79. The number of carbonyl (C=O) groups is 1. The van der Waals surface area contributed by atoms with E-state index in [1.54, 1.807) is 10.6 Å². The Hall–Kier alpha value is -4.05. The molecule has 0 spiro atoms. The van der Waals surface area contributed by atoms with Gasteiger partial charge in [-0.1, -0.05) is 42.5 Å². The molecule has 0 aliphatic rings. The van der Waals surface area contributed by atoms with Crippen LogP contribution >= 0.6 is 0 Å². The minimum absolute atomic E-state index is 0.0358. The second-order valence-electron chi connectivity index (χ2n) is 7.38. The SMILES string of the molecule is COCCn1cnc2c1c(=O)n(CC(=O)Nc1ccccc1F)c(=O)n2Cc1ccccc1. The van der Waals surface area contributed by atoms with Gasteiger partial charge in [0.05, 0.1) is 25.2 Å². The maximum absolute atomic E-state index is 13.9. The van der Waals surface area contributed by atoms with Gasteiger partial charge < -0.3 is 14.6 Å². The number of imidazole rings is 1. The first-order valence-corrected chi connectivity index (χ1v) is 10.3. The second-order valence-corrected chi connectivity index (χ2v) is 7.38. The van der Waals surface area contributed by atoms with E-state index in [1.165, 1.54) is 36.2 Å². The summed E-state index contributed by atoms with van der Waals surface area (Å²) >= 11 is 0. The molecule has 0 unspecified atom stereocenters. The largest absolute Gasteiger partial charge is 0.383 e. The van der Waals surface area contributed by atoms with Crippen molar-refractivity contribution < 1.29 is 13.9 Å². The maximum atomic E-state index is 13.9. The number of aromatic nitrogens is 4.